The first-order chi connectivity index (χ1) is 3.79. The average molecular weight is 107 g/mol. The summed E-state index contributed by atoms with van der Waals surface area (Å²) in [6, 6.07) is 0. The van der Waals surface area contributed by atoms with Gasteiger partial charge in [0.2, 0.25) is 0 Å². The quantitative estimate of drug-likeness (QED) is 0.324. The van der Waals surface area contributed by atoms with E-state index in [1.807, 2.05) is 24.6 Å². The van der Waals surface area contributed by atoms with E-state index in [2.05, 4.69) is 13.6 Å². The number of hydrogen-bond donors (Lipinski definition) is 0. The minimum absolute atomic E-state index is 1.27. The lowest BCUT2D eigenvalue weighted by atomic mass is 10.1. The molecule has 0 N–H and O–H groups in total. The molecule has 40 valence electrons. The molecule has 0 spiro atoms. The monoisotopic (exact) mass is 107 g/mol. The predicted octanol–water partition coefficient (Wildman–Crippen LogP) is 1.33. The van der Waals surface area contributed by atoms with Crippen LogP contribution in [0, 0.1) is 5.92 Å². The topological polar surface area (TPSA) is 3.01 Å². The fraction of sp³-hybridized carbons (Fsp3) is 0.143. The van der Waals surface area contributed by atoms with Crippen molar-refractivity contribution in [3.8, 4) is 0 Å². The summed E-state index contributed by atoms with van der Waals surface area (Å²) < 4.78 is 1.77. The van der Waals surface area contributed by atoms with E-state index in [1.165, 1.54) is 5.92 Å². The summed E-state index contributed by atoms with van der Waals surface area (Å²) >= 11 is 0. The molecule has 0 aromatic carbocycles. The second-order valence-electron chi connectivity index (χ2n) is 1.89. The zero-order valence-electron chi connectivity index (χ0n) is 4.96. The molecule has 0 radical (unpaired) electrons. The largest absolute Gasteiger partial charge is 0.272 e. The highest BCUT2D eigenvalue weighted by Gasteiger charge is 2.09. The van der Waals surface area contributed by atoms with Crippen LogP contribution in [0.15, 0.2) is 24.6 Å². The number of nitrogens with zero attached hydrogens (tertiary/aromatic N) is 1. The van der Waals surface area contributed by atoms with E-state index in [0.717, 1.165) is 0 Å². The van der Waals surface area contributed by atoms with Crippen LogP contribution in [-0.4, -0.2) is 11.3 Å². The maximum absolute atomic E-state index is 3.68. The summed E-state index contributed by atoms with van der Waals surface area (Å²) in [7, 11) is 0. The highest BCUT2D eigenvalue weighted by molar-refractivity contribution is 5.24. The van der Waals surface area contributed by atoms with E-state index in [1.54, 1.807) is 4.58 Å². The summed E-state index contributed by atoms with van der Waals surface area (Å²) in [5.74, 6) is 1.27. The maximum Gasteiger partial charge on any atom is 0.272 e. The van der Waals surface area contributed by atoms with Crippen molar-refractivity contribution in [2.75, 3.05) is 0 Å². The molecule has 0 aromatic heterocycles. The number of allylic oxidation sites excluding steroid dienone is 2. The summed E-state index contributed by atoms with van der Waals surface area (Å²) in [5.41, 5.74) is 0. The first-order valence-corrected chi connectivity index (χ1v) is 2.58. The molecule has 0 saturated carbocycles. The van der Waals surface area contributed by atoms with Crippen LogP contribution in [0.4, 0.5) is 0 Å². The van der Waals surface area contributed by atoms with Gasteiger partial charge in [-0.1, -0.05) is 4.58 Å². The zero-order valence-corrected chi connectivity index (χ0v) is 4.96. The highest BCUT2D eigenvalue weighted by atomic mass is 14.9. The van der Waals surface area contributed by atoms with Gasteiger partial charge in [-0.15, -0.1) is 0 Å². The minimum Gasteiger partial charge on any atom is -0.0736 e. The third-order valence-corrected chi connectivity index (χ3v) is 1.06. The molecule has 0 aromatic rings. The van der Waals surface area contributed by atoms with Crippen LogP contribution in [-0.2, 0) is 0 Å². The number of hydrogen-bond acceptors (Lipinski definition) is 0. The van der Waals surface area contributed by atoms with E-state index in [0.29, 0.717) is 0 Å². The normalized spacial score (nSPS) is 17.6. The molecule has 0 saturated heterocycles. The summed E-state index contributed by atoms with van der Waals surface area (Å²) in [6.07, 6.45) is 7.89. The molecule has 0 bridgehead atoms. The van der Waals surface area contributed by atoms with Gasteiger partial charge in [-0.05, 0) is 0 Å². The van der Waals surface area contributed by atoms with Crippen LogP contribution < -0.4 is 0 Å². The second-order valence-corrected chi connectivity index (χ2v) is 1.89. The van der Waals surface area contributed by atoms with Crippen LogP contribution in [0.3, 0.4) is 0 Å². The van der Waals surface area contributed by atoms with E-state index >= 15 is 0 Å². The molecule has 8 heavy (non-hydrogen) atoms. The van der Waals surface area contributed by atoms with Crippen molar-refractivity contribution in [1.29, 1.82) is 0 Å². The van der Waals surface area contributed by atoms with Crippen LogP contribution in [0.2, 0.25) is 0 Å². The third kappa shape index (κ3) is 0.997. The lowest BCUT2D eigenvalue weighted by Gasteiger charge is -1.88. The van der Waals surface area contributed by atoms with Crippen molar-refractivity contribution in [2.24, 2.45) is 0 Å². The van der Waals surface area contributed by atoms with Crippen LogP contribution in [0.5, 0.6) is 0 Å². The van der Waals surface area contributed by atoms with Gasteiger partial charge < -0.3 is 0 Å². The Kier molecular flexibility index (Phi) is 1.20. The molecule has 1 heteroatoms. The molecule has 0 unspecified atom stereocenters. The molecule has 1 heterocycles. The van der Waals surface area contributed by atoms with E-state index in [-0.39, 0.29) is 0 Å². The van der Waals surface area contributed by atoms with E-state index < -0.39 is 0 Å². The van der Waals surface area contributed by atoms with Crippen LogP contribution >= 0.6 is 0 Å². The third-order valence-electron chi connectivity index (χ3n) is 1.06. The number of rotatable bonds is 0. The van der Waals surface area contributed by atoms with Crippen LogP contribution in [0.25, 0.3) is 0 Å². The summed E-state index contributed by atoms with van der Waals surface area (Å²) in [4.78, 5) is 0. The minimum atomic E-state index is 1.27. The average Bonchev–Trinajstić information content (AvgIpc) is 1.77. The Balaban J connectivity index is 2.68. The van der Waals surface area contributed by atoms with Crippen molar-refractivity contribution < 1.29 is 4.58 Å². The molecular formula is C7H9N+2. The predicted molar refractivity (Wildman–Crippen MR) is 34.6 cm³/mol. The van der Waals surface area contributed by atoms with Crippen molar-refractivity contribution in [2.45, 2.75) is 6.92 Å². The Labute approximate surface area is 49.6 Å². The second kappa shape index (κ2) is 1.86. The van der Waals surface area contributed by atoms with Crippen LogP contribution in [0.1, 0.15) is 6.92 Å². The molecule has 1 rings (SSSR count). The Morgan fingerprint density at radius 1 is 1.38 bits per heavy atom. The molecule has 0 atom stereocenters. The summed E-state index contributed by atoms with van der Waals surface area (Å²) in [6.45, 7) is 5.73. The first-order valence-electron chi connectivity index (χ1n) is 2.58. The van der Waals surface area contributed by atoms with Gasteiger partial charge in [-0.3, -0.25) is 0 Å². The SMILES string of the molecule is C=[N+]1C=C[C+](C)C=C1. The Hall–Kier alpha value is -0.980. The fourth-order valence-corrected chi connectivity index (χ4v) is 0.532. The van der Waals surface area contributed by atoms with Gasteiger partial charge in [-0.25, -0.2) is 0 Å². The van der Waals surface area contributed by atoms with Crippen molar-refractivity contribution in [3.63, 3.8) is 0 Å². The standard InChI is InChI=1S/C7H9N/c1-7-3-5-8(2)6-4-7/h3-6H,2H2,1H3/q+2. The lowest BCUT2D eigenvalue weighted by Crippen LogP contribution is -1.96. The van der Waals surface area contributed by atoms with E-state index in [9.17, 15) is 0 Å². The van der Waals surface area contributed by atoms with Crippen molar-refractivity contribution in [3.05, 3.63) is 30.5 Å². The molecular weight excluding hydrogens is 98.1 g/mol. The molecule has 1 nitrogen and oxygen atoms in total. The van der Waals surface area contributed by atoms with Gasteiger partial charge in [0.1, 0.15) is 12.2 Å². The highest BCUT2D eigenvalue weighted by Crippen LogP contribution is 2.05. The van der Waals surface area contributed by atoms with Crippen molar-refractivity contribution >= 4 is 6.72 Å². The zero-order chi connectivity index (χ0) is 5.98. The first kappa shape index (κ1) is 5.16. The molecule has 0 aliphatic carbocycles. The smallest absolute Gasteiger partial charge is 0.0736 e. The van der Waals surface area contributed by atoms with Gasteiger partial charge >= 0.3 is 0 Å². The Morgan fingerprint density at radius 3 is 2.25 bits per heavy atom. The van der Waals surface area contributed by atoms with Gasteiger partial charge in [0, 0.05) is 6.92 Å². The molecule has 1 aliphatic rings. The van der Waals surface area contributed by atoms with E-state index in [4.69, 9.17) is 0 Å². The van der Waals surface area contributed by atoms with Gasteiger partial charge in [0.25, 0.3) is 12.4 Å². The van der Waals surface area contributed by atoms with Gasteiger partial charge in [-0.2, -0.15) is 0 Å². The van der Waals surface area contributed by atoms with Gasteiger partial charge in [0.15, 0.2) is 6.72 Å². The molecule has 0 fully saturated rings. The van der Waals surface area contributed by atoms with Gasteiger partial charge in [0.05, 0.1) is 5.92 Å². The Bertz CT molecular complexity index is 138. The molecule has 0 amide bonds. The Morgan fingerprint density at radius 2 is 1.88 bits per heavy atom. The molecule has 1 aliphatic heterocycles. The summed E-state index contributed by atoms with van der Waals surface area (Å²) in [5, 5.41) is 0. The van der Waals surface area contributed by atoms with Crippen molar-refractivity contribution in [1.82, 2.24) is 0 Å². The lowest BCUT2D eigenvalue weighted by molar-refractivity contribution is -0.369. The fourth-order valence-electron chi connectivity index (χ4n) is 0.532. The maximum atomic E-state index is 3.68.